The lowest BCUT2D eigenvalue weighted by molar-refractivity contribution is -0.116. The SMILES string of the molecule is COc1ccc(C(=O)CCC(=O)Nc2cccc(C(=O)N3CCCC3)c2)cc1. The van der Waals surface area contributed by atoms with E-state index in [0.29, 0.717) is 22.6 Å². The van der Waals surface area contributed by atoms with Crippen molar-refractivity contribution in [1.29, 1.82) is 0 Å². The van der Waals surface area contributed by atoms with Crippen LogP contribution in [0.2, 0.25) is 0 Å². The average Bonchev–Trinajstić information content (AvgIpc) is 3.26. The lowest BCUT2D eigenvalue weighted by atomic mass is 10.1. The summed E-state index contributed by atoms with van der Waals surface area (Å²) in [4.78, 5) is 38.7. The van der Waals surface area contributed by atoms with E-state index in [1.54, 1.807) is 55.6 Å². The number of likely N-dealkylation sites (tertiary alicyclic amines) is 1. The van der Waals surface area contributed by atoms with Crippen molar-refractivity contribution in [3.05, 3.63) is 59.7 Å². The van der Waals surface area contributed by atoms with Crippen molar-refractivity contribution in [1.82, 2.24) is 4.90 Å². The summed E-state index contributed by atoms with van der Waals surface area (Å²) >= 11 is 0. The number of rotatable bonds is 7. The number of amides is 2. The van der Waals surface area contributed by atoms with Crippen LogP contribution in [-0.2, 0) is 4.79 Å². The molecule has 0 spiro atoms. The van der Waals surface area contributed by atoms with Crippen LogP contribution in [0, 0.1) is 0 Å². The van der Waals surface area contributed by atoms with E-state index in [4.69, 9.17) is 4.74 Å². The van der Waals surface area contributed by atoms with Gasteiger partial charge in [-0.2, -0.15) is 0 Å². The number of ether oxygens (including phenoxy) is 1. The van der Waals surface area contributed by atoms with Gasteiger partial charge in [-0.05, 0) is 55.3 Å². The number of anilines is 1. The lowest BCUT2D eigenvalue weighted by Gasteiger charge is -2.15. The molecule has 0 aromatic heterocycles. The predicted molar refractivity (Wildman–Crippen MR) is 107 cm³/mol. The molecule has 146 valence electrons. The third-order valence-corrected chi connectivity index (χ3v) is 4.78. The molecular formula is C22H24N2O4. The summed E-state index contributed by atoms with van der Waals surface area (Å²) in [5.41, 5.74) is 1.67. The molecule has 1 heterocycles. The van der Waals surface area contributed by atoms with Crippen LogP contribution in [0.5, 0.6) is 5.75 Å². The number of ketones is 1. The Morgan fingerprint density at radius 3 is 2.36 bits per heavy atom. The van der Waals surface area contributed by atoms with Gasteiger partial charge in [0.2, 0.25) is 5.91 Å². The van der Waals surface area contributed by atoms with Crippen molar-refractivity contribution < 1.29 is 19.1 Å². The number of Topliss-reactive ketones (excluding diaryl/α,β-unsaturated/α-hetero) is 1. The molecule has 1 aliphatic rings. The van der Waals surface area contributed by atoms with Gasteiger partial charge in [0, 0.05) is 42.7 Å². The molecule has 0 bridgehead atoms. The summed E-state index contributed by atoms with van der Waals surface area (Å²) in [6, 6.07) is 13.7. The minimum absolute atomic E-state index is 0.0108. The summed E-state index contributed by atoms with van der Waals surface area (Å²) in [6.45, 7) is 1.56. The maximum absolute atomic E-state index is 12.5. The normalized spacial score (nSPS) is 13.2. The smallest absolute Gasteiger partial charge is 0.253 e. The maximum atomic E-state index is 12.5. The Labute approximate surface area is 164 Å². The molecule has 0 aliphatic carbocycles. The van der Waals surface area contributed by atoms with Gasteiger partial charge in [0.05, 0.1) is 7.11 Å². The summed E-state index contributed by atoms with van der Waals surface area (Å²) in [5.74, 6) is 0.310. The van der Waals surface area contributed by atoms with Crippen molar-refractivity contribution in [2.45, 2.75) is 25.7 Å². The van der Waals surface area contributed by atoms with Crippen LogP contribution in [0.4, 0.5) is 5.69 Å². The molecule has 28 heavy (non-hydrogen) atoms. The number of carbonyl (C=O) groups is 3. The van der Waals surface area contributed by atoms with Gasteiger partial charge in [-0.15, -0.1) is 0 Å². The van der Waals surface area contributed by atoms with Crippen molar-refractivity contribution in [2.24, 2.45) is 0 Å². The molecular weight excluding hydrogens is 356 g/mol. The van der Waals surface area contributed by atoms with Crippen LogP contribution in [0.15, 0.2) is 48.5 Å². The maximum Gasteiger partial charge on any atom is 0.253 e. The van der Waals surface area contributed by atoms with Gasteiger partial charge in [0.25, 0.3) is 5.91 Å². The van der Waals surface area contributed by atoms with Crippen molar-refractivity contribution >= 4 is 23.3 Å². The number of nitrogens with zero attached hydrogens (tertiary/aromatic N) is 1. The van der Waals surface area contributed by atoms with E-state index < -0.39 is 0 Å². The highest BCUT2D eigenvalue weighted by Gasteiger charge is 2.19. The van der Waals surface area contributed by atoms with Gasteiger partial charge in [0.1, 0.15) is 5.75 Å². The van der Waals surface area contributed by atoms with Crippen LogP contribution in [0.1, 0.15) is 46.4 Å². The Bertz CT molecular complexity index is 855. The topological polar surface area (TPSA) is 75.7 Å². The average molecular weight is 380 g/mol. The fraction of sp³-hybridized carbons (Fsp3) is 0.318. The van der Waals surface area contributed by atoms with Crippen LogP contribution in [0.25, 0.3) is 0 Å². The second kappa shape index (κ2) is 9.17. The van der Waals surface area contributed by atoms with Gasteiger partial charge in [-0.3, -0.25) is 14.4 Å². The van der Waals surface area contributed by atoms with E-state index in [1.165, 1.54) is 0 Å². The van der Waals surface area contributed by atoms with Crippen LogP contribution in [-0.4, -0.2) is 42.7 Å². The first-order chi connectivity index (χ1) is 13.6. The van der Waals surface area contributed by atoms with E-state index in [0.717, 1.165) is 25.9 Å². The molecule has 1 aliphatic heterocycles. The number of nitrogens with one attached hydrogen (secondary N) is 1. The minimum atomic E-state index is -0.257. The first-order valence-electron chi connectivity index (χ1n) is 9.43. The molecule has 1 N–H and O–H groups in total. The molecule has 1 saturated heterocycles. The third-order valence-electron chi connectivity index (χ3n) is 4.78. The molecule has 2 amide bonds. The Hall–Kier alpha value is -3.15. The van der Waals surface area contributed by atoms with E-state index >= 15 is 0 Å². The highest BCUT2D eigenvalue weighted by molar-refractivity contribution is 6.01. The van der Waals surface area contributed by atoms with Crippen molar-refractivity contribution in [2.75, 3.05) is 25.5 Å². The molecule has 0 radical (unpaired) electrons. The second-order valence-electron chi connectivity index (χ2n) is 6.78. The molecule has 1 fully saturated rings. The fourth-order valence-electron chi connectivity index (χ4n) is 3.20. The number of hydrogen-bond acceptors (Lipinski definition) is 4. The van der Waals surface area contributed by atoms with Crippen molar-refractivity contribution in [3.63, 3.8) is 0 Å². The van der Waals surface area contributed by atoms with Crippen molar-refractivity contribution in [3.8, 4) is 5.75 Å². The molecule has 2 aromatic carbocycles. The first kappa shape index (κ1) is 19.6. The van der Waals surface area contributed by atoms with Gasteiger partial charge >= 0.3 is 0 Å². The zero-order valence-corrected chi connectivity index (χ0v) is 15.9. The Kier molecular flexibility index (Phi) is 6.42. The Balaban J connectivity index is 1.53. The number of benzene rings is 2. The zero-order chi connectivity index (χ0) is 19.9. The zero-order valence-electron chi connectivity index (χ0n) is 15.9. The van der Waals surface area contributed by atoms with Crippen LogP contribution < -0.4 is 10.1 Å². The molecule has 0 saturated carbocycles. The number of carbonyl (C=O) groups excluding carboxylic acids is 3. The fourth-order valence-corrected chi connectivity index (χ4v) is 3.20. The molecule has 6 nitrogen and oxygen atoms in total. The number of methoxy groups -OCH3 is 1. The van der Waals surface area contributed by atoms with E-state index in [2.05, 4.69) is 5.32 Å². The van der Waals surface area contributed by atoms with Gasteiger partial charge in [-0.25, -0.2) is 0 Å². The Morgan fingerprint density at radius 1 is 0.964 bits per heavy atom. The molecule has 0 unspecified atom stereocenters. The Morgan fingerprint density at radius 2 is 1.68 bits per heavy atom. The predicted octanol–water partition coefficient (Wildman–Crippen LogP) is 3.53. The standard InChI is InChI=1S/C22H24N2O4/c1-28-19-9-7-16(8-10-19)20(25)11-12-21(26)23-18-6-4-5-17(15-18)22(27)24-13-2-3-14-24/h4-10,15H,2-3,11-14H2,1H3,(H,23,26). The molecule has 2 aromatic rings. The second-order valence-corrected chi connectivity index (χ2v) is 6.78. The monoisotopic (exact) mass is 380 g/mol. The van der Waals surface area contributed by atoms with Crippen LogP contribution >= 0.6 is 0 Å². The quantitative estimate of drug-likeness (QED) is 0.746. The molecule has 6 heteroatoms. The van der Waals surface area contributed by atoms with E-state index in [-0.39, 0.29) is 30.4 Å². The highest BCUT2D eigenvalue weighted by atomic mass is 16.5. The molecule has 0 atom stereocenters. The summed E-state index contributed by atoms with van der Waals surface area (Å²) in [6.07, 6.45) is 2.26. The highest BCUT2D eigenvalue weighted by Crippen LogP contribution is 2.17. The third kappa shape index (κ3) is 4.97. The van der Waals surface area contributed by atoms with E-state index in [9.17, 15) is 14.4 Å². The lowest BCUT2D eigenvalue weighted by Crippen LogP contribution is -2.27. The van der Waals surface area contributed by atoms with Gasteiger partial charge < -0.3 is 15.0 Å². The van der Waals surface area contributed by atoms with E-state index in [1.807, 2.05) is 4.90 Å². The first-order valence-corrected chi connectivity index (χ1v) is 9.43. The minimum Gasteiger partial charge on any atom is -0.497 e. The van der Waals surface area contributed by atoms with Gasteiger partial charge in [0.15, 0.2) is 5.78 Å². The largest absolute Gasteiger partial charge is 0.497 e. The molecule has 3 rings (SSSR count). The van der Waals surface area contributed by atoms with Gasteiger partial charge in [-0.1, -0.05) is 6.07 Å². The summed E-state index contributed by atoms with van der Waals surface area (Å²) < 4.78 is 5.07. The van der Waals surface area contributed by atoms with Crippen LogP contribution in [0.3, 0.4) is 0 Å². The summed E-state index contributed by atoms with van der Waals surface area (Å²) in [5, 5.41) is 2.77. The number of hydrogen-bond donors (Lipinski definition) is 1. The summed E-state index contributed by atoms with van der Waals surface area (Å²) in [7, 11) is 1.56.